The first-order chi connectivity index (χ1) is 32.7. The summed E-state index contributed by atoms with van der Waals surface area (Å²) < 4.78 is 17.3. The fraction of sp³-hybridized carbons (Fsp3) is 0.556. The molecule has 0 aliphatic carbocycles. The van der Waals surface area contributed by atoms with Crippen molar-refractivity contribution in [2.75, 3.05) is 51.1 Å². The fourth-order valence-corrected chi connectivity index (χ4v) is 9.27. The van der Waals surface area contributed by atoms with Crippen LogP contribution in [0.2, 0.25) is 0 Å². The monoisotopic (exact) mass is 1010 g/mol. The van der Waals surface area contributed by atoms with Crippen LogP contribution in [0.3, 0.4) is 0 Å². The Labute approximate surface area is 423 Å². The number of hydrogen-bond acceptors (Lipinski definition) is 11. The predicted molar refractivity (Wildman–Crippen MR) is 277 cm³/mol. The van der Waals surface area contributed by atoms with Gasteiger partial charge in [0.2, 0.25) is 11.8 Å². The van der Waals surface area contributed by atoms with E-state index in [2.05, 4.69) is 64.5 Å². The Bertz CT molecular complexity index is 2110. The van der Waals surface area contributed by atoms with Crippen LogP contribution < -0.4 is 16.0 Å². The van der Waals surface area contributed by atoms with Gasteiger partial charge in [-0.3, -0.25) is 28.8 Å². The molecule has 0 aliphatic heterocycles. The number of carboxylic acid groups (broad SMARTS) is 2. The van der Waals surface area contributed by atoms with Crippen molar-refractivity contribution in [3.8, 4) is 0 Å². The topological polar surface area (TPSA) is 207 Å². The minimum absolute atomic E-state index is 0.0452. The van der Waals surface area contributed by atoms with E-state index < -0.39 is 52.3 Å². The molecule has 0 bridgehead atoms. The van der Waals surface area contributed by atoms with Gasteiger partial charge in [0.1, 0.15) is 6.04 Å². The normalized spacial score (nSPS) is 12.6. The molecule has 5 N–H and O–H groups in total. The first-order valence-corrected chi connectivity index (χ1v) is 25.9. The zero-order valence-electron chi connectivity index (χ0n) is 42.9. The molecule has 3 amide bonds. The van der Waals surface area contributed by atoms with Crippen LogP contribution in [0.15, 0.2) is 82.6 Å². The highest BCUT2D eigenvalue weighted by Crippen LogP contribution is 2.30. The van der Waals surface area contributed by atoms with Crippen molar-refractivity contribution >= 4 is 59.0 Å². The number of ether oxygens (including phenoxy) is 3. The number of thioether (sulfide) groups is 2. The average molecular weight is 1010 g/mol. The summed E-state index contributed by atoms with van der Waals surface area (Å²) in [5.41, 5.74) is 0.779. The van der Waals surface area contributed by atoms with Gasteiger partial charge in [0.15, 0.2) is 5.78 Å². The number of benzene rings is 3. The molecule has 16 heteroatoms. The first-order valence-electron chi connectivity index (χ1n) is 23.9. The van der Waals surface area contributed by atoms with Gasteiger partial charge >= 0.3 is 11.9 Å². The Kier molecular flexibility index (Phi) is 24.1. The molecule has 14 nitrogen and oxygen atoms in total. The van der Waals surface area contributed by atoms with E-state index >= 15 is 0 Å². The van der Waals surface area contributed by atoms with E-state index in [0.717, 1.165) is 27.3 Å². The lowest BCUT2D eigenvalue weighted by Crippen LogP contribution is -2.53. The van der Waals surface area contributed by atoms with Crippen molar-refractivity contribution in [3.05, 3.63) is 95.1 Å². The molecule has 0 aliphatic rings. The number of rotatable bonds is 33. The molecule has 1 unspecified atom stereocenters. The number of ketones is 1. The lowest BCUT2D eigenvalue weighted by Gasteiger charge is -2.31. The van der Waals surface area contributed by atoms with Gasteiger partial charge in [0.25, 0.3) is 5.91 Å². The molecule has 3 aromatic carbocycles. The van der Waals surface area contributed by atoms with Crippen LogP contribution in [0.4, 0.5) is 0 Å². The number of hydrogen-bond donors (Lipinski definition) is 5. The minimum Gasteiger partial charge on any atom is -0.481 e. The number of carbonyl (C=O) groups excluding carboxylic acids is 4. The Morgan fingerprint density at radius 1 is 0.629 bits per heavy atom. The van der Waals surface area contributed by atoms with Crippen molar-refractivity contribution in [2.24, 2.45) is 16.7 Å². The number of carboxylic acids is 2. The summed E-state index contributed by atoms with van der Waals surface area (Å²) in [4.78, 5) is 79.6. The number of Topliss-reactive ketones (excluding diaryl/α,β-unsaturated/α-hetero) is 1. The third-order valence-corrected chi connectivity index (χ3v) is 13.7. The van der Waals surface area contributed by atoms with Crippen LogP contribution in [0, 0.1) is 30.6 Å². The van der Waals surface area contributed by atoms with Crippen molar-refractivity contribution in [1.82, 2.24) is 16.0 Å². The number of carbonyl (C=O) groups is 6. The summed E-state index contributed by atoms with van der Waals surface area (Å²) in [6, 6.07) is 21.5. The quantitative estimate of drug-likeness (QED) is 0.0220. The highest BCUT2D eigenvalue weighted by molar-refractivity contribution is 8.00. The number of nitrogens with one attached hydrogen (secondary N) is 3. The first kappa shape index (κ1) is 59.6. The highest BCUT2D eigenvalue weighted by Gasteiger charge is 2.31. The van der Waals surface area contributed by atoms with E-state index in [-0.39, 0.29) is 81.5 Å². The Morgan fingerprint density at radius 2 is 1.14 bits per heavy atom. The van der Waals surface area contributed by atoms with Crippen LogP contribution >= 0.6 is 23.5 Å². The van der Waals surface area contributed by atoms with Crippen molar-refractivity contribution in [2.45, 2.75) is 135 Å². The fourth-order valence-electron chi connectivity index (χ4n) is 7.13. The summed E-state index contributed by atoms with van der Waals surface area (Å²) in [6.45, 7) is 20.5. The second kappa shape index (κ2) is 28.3. The molecule has 386 valence electrons. The maximum atomic E-state index is 14.1. The molecule has 0 heterocycles. The molecule has 0 spiro atoms. The predicted octanol–water partition coefficient (Wildman–Crippen LogP) is 9.19. The summed E-state index contributed by atoms with van der Waals surface area (Å²) in [5.74, 6) is -2.74. The van der Waals surface area contributed by atoms with Crippen LogP contribution in [0.25, 0.3) is 0 Å². The van der Waals surface area contributed by atoms with E-state index in [1.807, 2.05) is 55.4 Å². The lowest BCUT2D eigenvalue weighted by molar-refractivity contribution is -0.140. The van der Waals surface area contributed by atoms with Crippen molar-refractivity contribution < 1.29 is 53.2 Å². The molecule has 0 aromatic heterocycles. The Morgan fingerprint density at radius 3 is 1.69 bits per heavy atom. The zero-order chi connectivity index (χ0) is 52.1. The second-order valence-electron chi connectivity index (χ2n) is 20.9. The highest BCUT2D eigenvalue weighted by atomic mass is 32.2. The minimum atomic E-state index is -1.26. The summed E-state index contributed by atoms with van der Waals surface area (Å²) in [5, 5.41) is 26.6. The Balaban J connectivity index is 1.74. The molecule has 0 fully saturated rings. The Hall–Kier alpha value is -4.74. The van der Waals surface area contributed by atoms with E-state index in [0.29, 0.717) is 29.9 Å². The number of aliphatic carboxylic acids is 2. The number of amides is 3. The molecule has 70 heavy (non-hydrogen) atoms. The summed E-state index contributed by atoms with van der Waals surface area (Å²) in [6.07, 6.45) is 1.57. The van der Waals surface area contributed by atoms with Gasteiger partial charge < -0.3 is 40.4 Å². The molecule has 3 aromatic rings. The maximum absolute atomic E-state index is 14.1. The third-order valence-electron chi connectivity index (χ3n) is 11.3. The van der Waals surface area contributed by atoms with Gasteiger partial charge in [-0.2, -0.15) is 0 Å². The third kappa shape index (κ3) is 23.9. The van der Waals surface area contributed by atoms with E-state index in [4.69, 9.17) is 24.4 Å². The number of aryl methyl sites for hydroxylation is 2. The van der Waals surface area contributed by atoms with Gasteiger partial charge in [0.05, 0.1) is 63.4 Å². The maximum Gasteiger partial charge on any atom is 0.305 e. The van der Waals surface area contributed by atoms with Gasteiger partial charge in [-0.15, -0.1) is 23.5 Å². The largest absolute Gasteiger partial charge is 0.481 e. The molecule has 0 saturated heterocycles. The van der Waals surface area contributed by atoms with Crippen LogP contribution in [0.1, 0.15) is 126 Å². The molecular formula is C54H77N3O11S2. The van der Waals surface area contributed by atoms with E-state index in [1.165, 1.54) is 0 Å². The lowest BCUT2D eigenvalue weighted by atomic mass is 9.85. The van der Waals surface area contributed by atoms with E-state index in [9.17, 15) is 28.8 Å². The second-order valence-corrected chi connectivity index (χ2v) is 23.1. The van der Waals surface area contributed by atoms with Crippen LogP contribution in [-0.4, -0.2) is 114 Å². The molecule has 1 atom stereocenters. The van der Waals surface area contributed by atoms with Crippen LogP contribution in [-0.2, 0) is 33.4 Å². The summed E-state index contributed by atoms with van der Waals surface area (Å²) >= 11 is 3.26. The van der Waals surface area contributed by atoms with Gasteiger partial charge in [-0.25, -0.2) is 0 Å². The summed E-state index contributed by atoms with van der Waals surface area (Å²) in [7, 11) is 0. The molecule has 0 radical (unpaired) electrons. The molecule has 3 rings (SSSR count). The van der Waals surface area contributed by atoms with Gasteiger partial charge in [-0.05, 0) is 96.2 Å². The smallest absolute Gasteiger partial charge is 0.305 e. The van der Waals surface area contributed by atoms with Crippen molar-refractivity contribution in [3.63, 3.8) is 0 Å². The van der Waals surface area contributed by atoms with Gasteiger partial charge in [-0.1, -0.05) is 81.6 Å². The SMILES string of the molecule is Cc1ccc(SCC(CSc2ccc(C)cc2)C(=O)c2ccc(C(=O)NC(CC(=O)NC(C)(C)COCC(C)(C)COCCC(=O)O)C(=O)NCC(C)(C)CCCC(C)(C)OCCC(=O)O)cc2)cc1. The molecular weight excluding hydrogens is 931 g/mol. The standard InChI is InChI=1S/C54H77N3O11S2/c1-37-12-20-42(21-13-37)69-31-41(32-70-43-22-14-38(2)15-23-43)48(63)39-16-18-40(19-17-39)49(64)56-44(50(65)55-33-51(3,4)26-11-27-54(9,10)68-29-25-47(61)62)30-45(58)57-53(7,8)36-67-35-52(5,6)34-66-28-24-46(59)60/h12-23,41,44H,11,24-36H2,1-10H3,(H,55,65)(H,56,64)(H,57,58)(H,59,60)(H,61,62). The van der Waals surface area contributed by atoms with E-state index in [1.54, 1.807) is 61.6 Å². The zero-order valence-corrected chi connectivity index (χ0v) is 44.5. The average Bonchev–Trinajstić information content (AvgIpc) is 3.27. The molecule has 0 saturated carbocycles. The van der Waals surface area contributed by atoms with Gasteiger partial charge in [0, 0.05) is 50.3 Å². The van der Waals surface area contributed by atoms with Crippen molar-refractivity contribution in [1.29, 1.82) is 0 Å². The van der Waals surface area contributed by atoms with Crippen LogP contribution in [0.5, 0.6) is 0 Å².